The molecule has 2 fully saturated rings. The van der Waals surface area contributed by atoms with Crippen LogP contribution in [-0.2, 0) is 11.2 Å². The van der Waals surface area contributed by atoms with Crippen LogP contribution in [0.5, 0.6) is 0 Å². The standard InChI is InChI=1S/C21H32N2O/c1-4-15-5-8-17(9-6-15)20(23(2)3)14-22-21(24)13-19-12-16-7-10-18(19)11-16/h5-6,8-9,16,18-20H,4,7,10-14H2,1-3H3,(H,22,24)/t16-,18-,19+,20+/m0/s1. The summed E-state index contributed by atoms with van der Waals surface area (Å²) in [5.74, 6) is 2.63. The number of hydrogen-bond donors (Lipinski definition) is 1. The van der Waals surface area contributed by atoms with E-state index in [9.17, 15) is 4.79 Å². The molecule has 0 aliphatic heterocycles. The molecule has 2 saturated carbocycles. The van der Waals surface area contributed by atoms with E-state index in [1.807, 2.05) is 0 Å². The number of fused-ring (bicyclic) bond motifs is 2. The molecule has 0 spiro atoms. The zero-order valence-electron chi connectivity index (χ0n) is 15.4. The van der Waals surface area contributed by atoms with Crippen molar-refractivity contribution in [1.29, 1.82) is 0 Å². The summed E-state index contributed by atoms with van der Waals surface area (Å²) in [5.41, 5.74) is 2.63. The van der Waals surface area contributed by atoms with Crippen molar-refractivity contribution in [1.82, 2.24) is 10.2 Å². The lowest BCUT2D eigenvalue weighted by Gasteiger charge is -2.26. The monoisotopic (exact) mass is 328 g/mol. The van der Waals surface area contributed by atoms with Gasteiger partial charge in [-0.15, -0.1) is 0 Å². The molecular formula is C21H32N2O. The van der Waals surface area contributed by atoms with Crippen LogP contribution >= 0.6 is 0 Å². The van der Waals surface area contributed by atoms with E-state index in [0.717, 1.165) is 24.7 Å². The molecule has 24 heavy (non-hydrogen) atoms. The first-order chi connectivity index (χ1) is 11.6. The van der Waals surface area contributed by atoms with Crippen LogP contribution in [0, 0.1) is 17.8 Å². The first kappa shape index (κ1) is 17.5. The van der Waals surface area contributed by atoms with Crippen molar-refractivity contribution in [3.05, 3.63) is 35.4 Å². The number of hydrogen-bond acceptors (Lipinski definition) is 2. The second-order valence-corrected chi connectivity index (χ2v) is 8.02. The second-order valence-electron chi connectivity index (χ2n) is 8.02. The molecule has 2 bridgehead atoms. The van der Waals surface area contributed by atoms with Gasteiger partial charge in [0.1, 0.15) is 0 Å². The fourth-order valence-electron chi connectivity index (χ4n) is 4.72. The molecule has 0 radical (unpaired) electrons. The van der Waals surface area contributed by atoms with Gasteiger partial charge in [-0.2, -0.15) is 0 Å². The van der Waals surface area contributed by atoms with Gasteiger partial charge in [-0.05, 0) is 68.7 Å². The molecule has 3 nitrogen and oxygen atoms in total. The van der Waals surface area contributed by atoms with Gasteiger partial charge < -0.3 is 10.2 Å². The van der Waals surface area contributed by atoms with Gasteiger partial charge in [0, 0.05) is 13.0 Å². The first-order valence-electron chi connectivity index (χ1n) is 9.58. The third kappa shape index (κ3) is 4.00. The summed E-state index contributed by atoms with van der Waals surface area (Å²) in [6.07, 6.45) is 7.21. The molecule has 1 aromatic rings. The van der Waals surface area contributed by atoms with Crippen LogP contribution in [0.3, 0.4) is 0 Å². The van der Waals surface area contributed by atoms with Gasteiger partial charge in [-0.3, -0.25) is 4.79 Å². The summed E-state index contributed by atoms with van der Waals surface area (Å²) in [6.45, 7) is 2.87. The normalized spacial score (nSPS) is 26.8. The van der Waals surface area contributed by atoms with E-state index in [0.29, 0.717) is 12.5 Å². The van der Waals surface area contributed by atoms with E-state index in [2.05, 4.69) is 55.5 Å². The average molecular weight is 329 g/mol. The number of benzene rings is 1. The Kier molecular flexibility index (Phi) is 5.60. The summed E-state index contributed by atoms with van der Waals surface area (Å²) < 4.78 is 0. The fraction of sp³-hybridized carbons (Fsp3) is 0.667. The summed E-state index contributed by atoms with van der Waals surface area (Å²) >= 11 is 0. The van der Waals surface area contributed by atoms with Crippen LogP contribution in [0.4, 0.5) is 0 Å². The zero-order chi connectivity index (χ0) is 17.1. The summed E-state index contributed by atoms with van der Waals surface area (Å²) in [6, 6.07) is 9.03. The van der Waals surface area contributed by atoms with Gasteiger partial charge in [0.15, 0.2) is 0 Å². The second kappa shape index (κ2) is 7.69. The molecule has 0 heterocycles. The number of nitrogens with one attached hydrogen (secondary N) is 1. The Morgan fingerprint density at radius 3 is 2.50 bits per heavy atom. The number of carbonyl (C=O) groups excluding carboxylic acids is 1. The highest BCUT2D eigenvalue weighted by molar-refractivity contribution is 5.76. The molecule has 4 atom stereocenters. The number of nitrogens with zero attached hydrogens (tertiary/aromatic N) is 1. The van der Waals surface area contributed by atoms with Gasteiger partial charge in [0.05, 0.1) is 6.04 Å². The minimum absolute atomic E-state index is 0.236. The molecule has 1 N–H and O–H groups in total. The molecule has 0 saturated heterocycles. The molecule has 2 aliphatic carbocycles. The van der Waals surface area contributed by atoms with Crippen molar-refractivity contribution in [2.24, 2.45) is 17.8 Å². The minimum Gasteiger partial charge on any atom is -0.354 e. The van der Waals surface area contributed by atoms with E-state index < -0.39 is 0 Å². The smallest absolute Gasteiger partial charge is 0.220 e. The largest absolute Gasteiger partial charge is 0.354 e. The van der Waals surface area contributed by atoms with E-state index in [1.54, 1.807) is 0 Å². The van der Waals surface area contributed by atoms with Gasteiger partial charge in [-0.25, -0.2) is 0 Å². The summed E-state index contributed by atoms with van der Waals surface area (Å²) in [5, 5.41) is 3.20. The Labute approximate surface area is 146 Å². The molecule has 3 heteroatoms. The molecule has 3 rings (SSSR count). The topological polar surface area (TPSA) is 32.3 Å². The Hall–Kier alpha value is -1.35. The van der Waals surface area contributed by atoms with Crippen LogP contribution in [0.2, 0.25) is 0 Å². The fourth-order valence-corrected chi connectivity index (χ4v) is 4.72. The van der Waals surface area contributed by atoms with Crippen molar-refractivity contribution >= 4 is 5.91 Å². The van der Waals surface area contributed by atoms with E-state index >= 15 is 0 Å². The SMILES string of the molecule is CCc1ccc([C@@H](CNC(=O)C[C@H]2C[C@H]3CC[C@H]2C3)N(C)C)cc1. The Balaban J connectivity index is 1.52. The average Bonchev–Trinajstić information content (AvgIpc) is 3.18. The number of carbonyl (C=O) groups is 1. The van der Waals surface area contributed by atoms with E-state index in [-0.39, 0.29) is 11.9 Å². The third-order valence-electron chi connectivity index (χ3n) is 6.22. The number of aryl methyl sites for hydroxylation is 1. The lowest BCUT2D eigenvalue weighted by molar-refractivity contribution is -0.122. The van der Waals surface area contributed by atoms with Crippen LogP contribution in [0.15, 0.2) is 24.3 Å². The van der Waals surface area contributed by atoms with Crippen molar-refractivity contribution < 1.29 is 4.79 Å². The highest BCUT2D eigenvalue weighted by Crippen LogP contribution is 2.49. The maximum absolute atomic E-state index is 12.4. The highest BCUT2D eigenvalue weighted by atomic mass is 16.1. The maximum Gasteiger partial charge on any atom is 0.220 e. The van der Waals surface area contributed by atoms with Crippen molar-refractivity contribution in [2.45, 2.75) is 51.5 Å². The summed E-state index contributed by atoms with van der Waals surface area (Å²) in [7, 11) is 4.17. The van der Waals surface area contributed by atoms with E-state index in [1.165, 1.54) is 36.8 Å². The Bertz CT molecular complexity index is 551. The van der Waals surface area contributed by atoms with Crippen LogP contribution < -0.4 is 5.32 Å². The number of rotatable bonds is 7. The molecule has 1 aromatic carbocycles. The van der Waals surface area contributed by atoms with Gasteiger partial charge >= 0.3 is 0 Å². The predicted molar refractivity (Wildman–Crippen MR) is 98.8 cm³/mol. The number of likely N-dealkylation sites (N-methyl/N-ethyl adjacent to an activating group) is 1. The lowest BCUT2D eigenvalue weighted by atomic mass is 9.86. The van der Waals surface area contributed by atoms with Gasteiger partial charge in [-0.1, -0.05) is 37.6 Å². The quantitative estimate of drug-likeness (QED) is 0.826. The van der Waals surface area contributed by atoms with Crippen molar-refractivity contribution in [3.63, 3.8) is 0 Å². The molecular weight excluding hydrogens is 296 g/mol. The zero-order valence-corrected chi connectivity index (χ0v) is 15.4. The molecule has 0 unspecified atom stereocenters. The van der Waals surface area contributed by atoms with Gasteiger partial charge in [0.2, 0.25) is 5.91 Å². The minimum atomic E-state index is 0.236. The lowest BCUT2D eigenvalue weighted by Crippen LogP contribution is -2.35. The Morgan fingerprint density at radius 1 is 1.21 bits per heavy atom. The third-order valence-corrected chi connectivity index (χ3v) is 6.22. The number of amides is 1. The summed E-state index contributed by atoms with van der Waals surface area (Å²) in [4.78, 5) is 14.6. The van der Waals surface area contributed by atoms with Crippen LogP contribution in [-0.4, -0.2) is 31.4 Å². The van der Waals surface area contributed by atoms with Crippen molar-refractivity contribution in [3.8, 4) is 0 Å². The van der Waals surface area contributed by atoms with E-state index in [4.69, 9.17) is 0 Å². The first-order valence-corrected chi connectivity index (χ1v) is 9.58. The molecule has 1 amide bonds. The van der Waals surface area contributed by atoms with Gasteiger partial charge in [0.25, 0.3) is 0 Å². The highest BCUT2D eigenvalue weighted by Gasteiger charge is 2.40. The maximum atomic E-state index is 12.4. The predicted octanol–water partition coefficient (Wildman–Crippen LogP) is 3.79. The van der Waals surface area contributed by atoms with Crippen molar-refractivity contribution in [2.75, 3.05) is 20.6 Å². The molecule has 0 aromatic heterocycles. The molecule has 2 aliphatic rings. The van der Waals surface area contributed by atoms with Crippen LogP contribution in [0.1, 0.15) is 56.2 Å². The van der Waals surface area contributed by atoms with Crippen LogP contribution in [0.25, 0.3) is 0 Å². The Morgan fingerprint density at radius 2 is 1.96 bits per heavy atom. The molecule has 132 valence electrons.